The predicted molar refractivity (Wildman–Crippen MR) is 51.9 cm³/mol. The van der Waals surface area contributed by atoms with E-state index in [-0.39, 0.29) is 11.9 Å². The largest absolute Gasteiger partial charge is 0.391 e. The van der Waals surface area contributed by atoms with E-state index >= 15 is 0 Å². The maximum Gasteiger partial charge on any atom is 0.327 e. The van der Waals surface area contributed by atoms with Gasteiger partial charge in [0.1, 0.15) is 0 Å². The fourth-order valence-corrected chi connectivity index (χ4v) is 2.65. The second-order valence-corrected chi connectivity index (χ2v) is 4.92. The van der Waals surface area contributed by atoms with E-state index in [0.29, 0.717) is 19.1 Å². The van der Waals surface area contributed by atoms with Crippen molar-refractivity contribution in [2.24, 2.45) is 11.8 Å². The van der Waals surface area contributed by atoms with Gasteiger partial charge in [-0.1, -0.05) is 0 Å². The zero-order chi connectivity index (χ0) is 10.4. The molecular weight excluding hydrogens is 194 g/mol. The molecular formula is C11H15NO3. The van der Waals surface area contributed by atoms with Crippen molar-refractivity contribution in [3.63, 3.8) is 0 Å². The number of carbonyl (C=O) groups is 2. The van der Waals surface area contributed by atoms with E-state index < -0.39 is 0 Å². The SMILES string of the molecule is O=C1CN(C(C2CC2)C2CC2)CC(=O)O1. The summed E-state index contributed by atoms with van der Waals surface area (Å²) in [6.07, 6.45) is 5.06. The van der Waals surface area contributed by atoms with Crippen molar-refractivity contribution < 1.29 is 14.3 Å². The Hall–Kier alpha value is -0.900. The molecule has 1 aliphatic heterocycles. The summed E-state index contributed by atoms with van der Waals surface area (Å²) in [6.45, 7) is 0.618. The van der Waals surface area contributed by atoms with Gasteiger partial charge < -0.3 is 4.74 Å². The first-order valence-corrected chi connectivity index (χ1v) is 5.71. The predicted octanol–water partition coefficient (Wildman–Crippen LogP) is 0.560. The van der Waals surface area contributed by atoms with Crippen molar-refractivity contribution in [2.75, 3.05) is 13.1 Å². The molecule has 2 saturated carbocycles. The van der Waals surface area contributed by atoms with Crippen molar-refractivity contribution in [2.45, 2.75) is 31.7 Å². The summed E-state index contributed by atoms with van der Waals surface area (Å²) in [5.41, 5.74) is 0. The van der Waals surface area contributed by atoms with Crippen LogP contribution in [-0.2, 0) is 14.3 Å². The van der Waals surface area contributed by atoms with E-state index in [4.69, 9.17) is 0 Å². The first-order valence-electron chi connectivity index (χ1n) is 5.71. The first kappa shape index (κ1) is 9.33. The highest BCUT2D eigenvalue weighted by Crippen LogP contribution is 2.47. The Morgan fingerprint density at radius 3 is 1.87 bits per heavy atom. The third kappa shape index (κ3) is 1.91. The molecule has 0 aromatic carbocycles. The van der Waals surface area contributed by atoms with Crippen molar-refractivity contribution in [1.82, 2.24) is 4.90 Å². The topological polar surface area (TPSA) is 46.6 Å². The number of ether oxygens (including phenoxy) is 1. The number of hydrogen-bond donors (Lipinski definition) is 0. The molecule has 2 aliphatic carbocycles. The minimum absolute atomic E-state index is 0.309. The molecule has 3 fully saturated rings. The van der Waals surface area contributed by atoms with Crippen molar-refractivity contribution in [3.05, 3.63) is 0 Å². The summed E-state index contributed by atoms with van der Waals surface area (Å²) >= 11 is 0. The van der Waals surface area contributed by atoms with Crippen LogP contribution in [-0.4, -0.2) is 36.0 Å². The average Bonchev–Trinajstić information content (AvgIpc) is 2.95. The normalized spacial score (nSPS) is 28.3. The van der Waals surface area contributed by atoms with Crippen molar-refractivity contribution in [3.8, 4) is 0 Å². The Labute approximate surface area is 88.6 Å². The third-order valence-corrected chi connectivity index (χ3v) is 3.52. The Morgan fingerprint density at radius 1 is 1.00 bits per heavy atom. The van der Waals surface area contributed by atoms with Crippen LogP contribution in [0, 0.1) is 11.8 Å². The Bertz CT molecular complexity index is 279. The van der Waals surface area contributed by atoms with Crippen molar-refractivity contribution in [1.29, 1.82) is 0 Å². The Morgan fingerprint density at radius 2 is 1.47 bits per heavy atom. The number of nitrogens with zero attached hydrogens (tertiary/aromatic N) is 1. The summed E-state index contributed by atoms with van der Waals surface area (Å²) in [5, 5.41) is 0. The van der Waals surface area contributed by atoms with Gasteiger partial charge in [0, 0.05) is 6.04 Å². The molecule has 1 saturated heterocycles. The molecule has 0 amide bonds. The zero-order valence-corrected chi connectivity index (χ0v) is 8.65. The second kappa shape index (κ2) is 3.30. The highest BCUT2D eigenvalue weighted by molar-refractivity contribution is 5.90. The highest BCUT2D eigenvalue weighted by Gasteiger charge is 2.46. The maximum absolute atomic E-state index is 11.2. The molecule has 82 valence electrons. The lowest BCUT2D eigenvalue weighted by Gasteiger charge is -2.32. The number of esters is 2. The van der Waals surface area contributed by atoms with Gasteiger partial charge in [0.2, 0.25) is 0 Å². The molecule has 3 aliphatic rings. The third-order valence-electron chi connectivity index (χ3n) is 3.52. The summed E-state index contributed by atoms with van der Waals surface area (Å²) in [6, 6.07) is 0.474. The van der Waals surface area contributed by atoms with Gasteiger partial charge in [-0.05, 0) is 37.5 Å². The average molecular weight is 209 g/mol. The Kier molecular flexibility index (Phi) is 2.06. The quantitative estimate of drug-likeness (QED) is 0.503. The van der Waals surface area contributed by atoms with Crippen LogP contribution in [0.1, 0.15) is 25.7 Å². The maximum atomic E-state index is 11.2. The molecule has 15 heavy (non-hydrogen) atoms. The van der Waals surface area contributed by atoms with Gasteiger partial charge in [-0.2, -0.15) is 0 Å². The van der Waals surface area contributed by atoms with Crippen LogP contribution >= 0.6 is 0 Å². The minimum Gasteiger partial charge on any atom is -0.391 e. The van der Waals surface area contributed by atoms with E-state index in [1.54, 1.807) is 0 Å². The number of carbonyl (C=O) groups excluding carboxylic acids is 2. The number of cyclic esters (lactones) is 2. The van der Waals surface area contributed by atoms with E-state index in [1.807, 2.05) is 4.90 Å². The van der Waals surface area contributed by atoms with Gasteiger partial charge in [-0.25, -0.2) is 0 Å². The molecule has 1 heterocycles. The monoisotopic (exact) mass is 209 g/mol. The van der Waals surface area contributed by atoms with Crippen LogP contribution in [0.5, 0.6) is 0 Å². The van der Waals surface area contributed by atoms with Gasteiger partial charge in [-0.3, -0.25) is 14.5 Å². The van der Waals surface area contributed by atoms with Gasteiger partial charge in [0.25, 0.3) is 0 Å². The summed E-state index contributed by atoms with van der Waals surface area (Å²) in [4.78, 5) is 24.4. The highest BCUT2D eigenvalue weighted by atomic mass is 16.6. The second-order valence-electron chi connectivity index (χ2n) is 4.92. The lowest BCUT2D eigenvalue weighted by atomic mass is 10.0. The fourth-order valence-electron chi connectivity index (χ4n) is 2.65. The summed E-state index contributed by atoms with van der Waals surface area (Å²) in [5.74, 6) is 0.711. The minimum atomic E-state index is -0.377. The van der Waals surface area contributed by atoms with Crippen LogP contribution in [0.15, 0.2) is 0 Å². The molecule has 0 aromatic heterocycles. The van der Waals surface area contributed by atoms with Crippen LogP contribution < -0.4 is 0 Å². The number of rotatable bonds is 3. The van der Waals surface area contributed by atoms with E-state index in [9.17, 15) is 9.59 Å². The molecule has 4 heteroatoms. The van der Waals surface area contributed by atoms with Gasteiger partial charge in [0.15, 0.2) is 0 Å². The fraction of sp³-hybridized carbons (Fsp3) is 0.818. The number of morpholine rings is 1. The molecule has 3 rings (SSSR count). The standard InChI is InChI=1S/C11H15NO3/c13-9-5-12(6-10(14)15-9)11(7-1-2-7)8-3-4-8/h7-8,11H,1-6H2. The van der Waals surface area contributed by atoms with Crippen LogP contribution in [0.25, 0.3) is 0 Å². The lowest BCUT2D eigenvalue weighted by Crippen LogP contribution is -2.49. The van der Waals surface area contributed by atoms with Gasteiger partial charge in [0.05, 0.1) is 13.1 Å². The van der Waals surface area contributed by atoms with E-state index in [1.165, 1.54) is 25.7 Å². The molecule has 0 N–H and O–H groups in total. The molecule has 0 spiro atoms. The lowest BCUT2D eigenvalue weighted by molar-refractivity contribution is -0.168. The molecule has 0 radical (unpaired) electrons. The molecule has 4 nitrogen and oxygen atoms in total. The van der Waals surface area contributed by atoms with Crippen LogP contribution in [0.3, 0.4) is 0 Å². The molecule has 0 bridgehead atoms. The van der Waals surface area contributed by atoms with Crippen LogP contribution in [0.4, 0.5) is 0 Å². The van der Waals surface area contributed by atoms with Crippen LogP contribution in [0.2, 0.25) is 0 Å². The van der Waals surface area contributed by atoms with Gasteiger partial charge in [-0.15, -0.1) is 0 Å². The van der Waals surface area contributed by atoms with E-state index in [0.717, 1.165) is 11.8 Å². The molecule has 0 atom stereocenters. The first-order chi connectivity index (χ1) is 7.24. The zero-order valence-electron chi connectivity index (χ0n) is 8.65. The Balaban J connectivity index is 1.72. The van der Waals surface area contributed by atoms with E-state index in [2.05, 4.69) is 4.74 Å². The van der Waals surface area contributed by atoms with Crippen molar-refractivity contribution >= 4 is 11.9 Å². The summed E-state index contributed by atoms with van der Waals surface area (Å²) in [7, 11) is 0. The smallest absolute Gasteiger partial charge is 0.327 e. The van der Waals surface area contributed by atoms with Gasteiger partial charge >= 0.3 is 11.9 Å². The molecule has 0 aromatic rings. The summed E-state index contributed by atoms with van der Waals surface area (Å²) < 4.78 is 4.55. The number of hydrogen-bond acceptors (Lipinski definition) is 4. The molecule has 0 unspecified atom stereocenters.